The summed E-state index contributed by atoms with van der Waals surface area (Å²) in [5, 5.41) is 9.26. The lowest BCUT2D eigenvalue weighted by atomic mass is 9.83. The molecule has 48 heavy (non-hydrogen) atoms. The maximum absolute atomic E-state index is 14.0. The van der Waals surface area contributed by atoms with Gasteiger partial charge in [0.05, 0.1) is 5.70 Å². The van der Waals surface area contributed by atoms with Gasteiger partial charge in [-0.2, -0.15) is 0 Å². The Morgan fingerprint density at radius 2 is 1.77 bits per heavy atom. The maximum Gasteiger partial charge on any atom is 0.126 e. The summed E-state index contributed by atoms with van der Waals surface area (Å²) in [6.07, 6.45) is 22.4. The predicted molar refractivity (Wildman–Crippen MR) is 207 cm³/mol. The molecule has 3 aromatic rings. The SMILES string of the molecule is CC.CC/C=C\C(C1=CC2=CN(C)C(C)N2C=C1)=C(\c1ccc(F)c(C)c1)C(C)CC.CCCCc1c[nH]c2ccccc12.CCCO. The molecule has 2 atom stereocenters. The largest absolute Gasteiger partial charge is 0.396 e. The lowest BCUT2D eigenvalue weighted by molar-refractivity contribution is 0.240. The number of aromatic nitrogens is 1. The number of aliphatic hydroxyl groups excluding tert-OH is 1. The van der Waals surface area contributed by atoms with Crippen molar-refractivity contribution < 1.29 is 9.50 Å². The van der Waals surface area contributed by atoms with Crippen LogP contribution < -0.4 is 0 Å². The summed E-state index contributed by atoms with van der Waals surface area (Å²) in [7, 11) is 2.11. The number of allylic oxidation sites excluding steroid dienone is 7. The van der Waals surface area contributed by atoms with Crippen molar-refractivity contribution in [3.05, 3.63) is 125 Å². The summed E-state index contributed by atoms with van der Waals surface area (Å²) in [5.74, 6) is 0.214. The normalized spacial score (nSPS) is 16.1. The second-order valence-corrected chi connectivity index (χ2v) is 12.3. The number of halogens is 1. The van der Waals surface area contributed by atoms with E-state index in [1.165, 1.54) is 58.1 Å². The molecule has 5 heteroatoms. The number of nitrogens with one attached hydrogen (secondary N) is 1. The van der Waals surface area contributed by atoms with Crippen LogP contribution in [-0.4, -0.2) is 39.7 Å². The molecule has 5 rings (SSSR count). The van der Waals surface area contributed by atoms with Gasteiger partial charge in [0, 0.05) is 43.2 Å². The van der Waals surface area contributed by atoms with E-state index >= 15 is 0 Å². The van der Waals surface area contributed by atoms with Gasteiger partial charge in [0.1, 0.15) is 12.0 Å². The van der Waals surface area contributed by atoms with Gasteiger partial charge in [0.2, 0.25) is 0 Å². The van der Waals surface area contributed by atoms with Gasteiger partial charge >= 0.3 is 0 Å². The molecule has 0 bridgehead atoms. The number of fused-ring (bicyclic) bond motifs is 2. The highest BCUT2D eigenvalue weighted by Gasteiger charge is 2.27. The monoisotopic (exact) mass is 655 g/mol. The third-order valence-electron chi connectivity index (χ3n) is 8.74. The van der Waals surface area contributed by atoms with Gasteiger partial charge < -0.3 is 19.9 Å². The topological polar surface area (TPSA) is 42.5 Å². The summed E-state index contributed by atoms with van der Waals surface area (Å²) in [5.41, 5.74) is 9.43. The van der Waals surface area contributed by atoms with Gasteiger partial charge in [0.25, 0.3) is 0 Å². The van der Waals surface area contributed by atoms with Gasteiger partial charge in [-0.05, 0) is 116 Å². The Balaban J connectivity index is 0.000000347. The minimum absolute atomic E-state index is 0.150. The van der Waals surface area contributed by atoms with Gasteiger partial charge in [0.15, 0.2) is 0 Å². The van der Waals surface area contributed by atoms with Crippen molar-refractivity contribution in [2.45, 2.75) is 107 Å². The van der Waals surface area contributed by atoms with Crippen LogP contribution in [0.3, 0.4) is 0 Å². The summed E-state index contributed by atoms with van der Waals surface area (Å²) >= 11 is 0. The second-order valence-electron chi connectivity index (χ2n) is 12.3. The van der Waals surface area contributed by atoms with E-state index in [1.54, 1.807) is 6.07 Å². The molecule has 2 aliphatic heterocycles. The Morgan fingerprint density at radius 3 is 2.40 bits per heavy atom. The van der Waals surface area contributed by atoms with Gasteiger partial charge in [-0.1, -0.05) is 91.3 Å². The first-order chi connectivity index (χ1) is 23.2. The zero-order valence-corrected chi connectivity index (χ0v) is 31.4. The smallest absolute Gasteiger partial charge is 0.126 e. The third kappa shape index (κ3) is 10.8. The Labute approximate surface area is 291 Å². The number of benzene rings is 2. The lowest BCUT2D eigenvalue weighted by Gasteiger charge is -2.29. The summed E-state index contributed by atoms with van der Waals surface area (Å²) in [6.45, 7) is 19.2. The lowest BCUT2D eigenvalue weighted by Crippen LogP contribution is -2.31. The Kier molecular flexibility index (Phi) is 17.8. The van der Waals surface area contributed by atoms with E-state index in [-0.39, 0.29) is 5.82 Å². The summed E-state index contributed by atoms with van der Waals surface area (Å²) in [6, 6.07) is 14.0. The number of hydrogen-bond donors (Lipinski definition) is 2. The number of nitrogens with zero attached hydrogens (tertiary/aromatic N) is 2. The molecule has 262 valence electrons. The van der Waals surface area contributed by atoms with Crippen molar-refractivity contribution in [2.24, 2.45) is 5.92 Å². The quantitative estimate of drug-likeness (QED) is 0.214. The Hall–Kier alpha value is -3.83. The molecular formula is C43H62FN3O. The van der Waals surface area contributed by atoms with Crippen LogP contribution in [0.5, 0.6) is 0 Å². The number of hydrogen-bond acceptors (Lipinski definition) is 3. The van der Waals surface area contributed by atoms with Crippen LogP contribution in [0.4, 0.5) is 4.39 Å². The van der Waals surface area contributed by atoms with Crippen LogP contribution in [-0.2, 0) is 6.42 Å². The molecule has 0 aliphatic carbocycles. The van der Waals surface area contributed by atoms with E-state index in [0.717, 1.165) is 24.8 Å². The Bertz CT molecular complexity index is 1550. The van der Waals surface area contributed by atoms with Gasteiger partial charge in [-0.25, -0.2) is 4.39 Å². The van der Waals surface area contributed by atoms with Crippen LogP contribution in [0.25, 0.3) is 16.5 Å². The third-order valence-corrected chi connectivity index (χ3v) is 8.74. The number of H-pyrrole nitrogens is 1. The highest BCUT2D eigenvalue weighted by atomic mass is 19.1. The molecule has 2 aromatic carbocycles. The molecule has 0 saturated carbocycles. The first-order valence-corrected chi connectivity index (χ1v) is 18.2. The molecule has 3 heterocycles. The standard InChI is InChI=1S/C26H33FN2.C12H15N.C3H8O.C2H6/c1-7-9-10-24(21-13-14-29-20(5)28(6)17-23(29)16-21)26(18(3)8-2)22-11-12-25(27)19(4)15-22;1-2-3-6-10-9-13-12-8-5-4-7-11(10)12;1-2-3-4;1-2/h9-18,20H,7-8H2,1-6H3;4-5,7-9,13H,2-3,6H2,1H3;4H,2-3H2,1H3;1-2H3/b10-9-,26-24-;;;. The van der Waals surface area contributed by atoms with Crippen molar-refractivity contribution in [1.82, 2.24) is 14.8 Å². The second kappa shape index (κ2) is 21.2. The van der Waals surface area contributed by atoms with E-state index < -0.39 is 0 Å². The highest BCUT2D eigenvalue weighted by Crippen LogP contribution is 2.37. The first kappa shape index (κ1) is 40.3. The maximum atomic E-state index is 14.0. The Morgan fingerprint density at radius 1 is 1.06 bits per heavy atom. The molecule has 2 unspecified atom stereocenters. The van der Waals surface area contributed by atoms with Crippen molar-refractivity contribution in [3.8, 4) is 0 Å². The van der Waals surface area contributed by atoms with E-state index in [4.69, 9.17) is 5.11 Å². The van der Waals surface area contributed by atoms with Crippen molar-refractivity contribution in [1.29, 1.82) is 0 Å². The van der Waals surface area contributed by atoms with E-state index in [1.807, 2.05) is 39.8 Å². The van der Waals surface area contributed by atoms with E-state index in [0.29, 0.717) is 24.3 Å². The highest BCUT2D eigenvalue weighted by molar-refractivity contribution is 5.83. The summed E-state index contributed by atoms with van der Waals surface area (Å²) in [4.78, 5) is 7.81. The molecule has 0 spiro atoms. The van der Waals surface area contributed by atoms with E-state index in [9.17, 15) is 4.39 Å². The molecule has 4 nitrogen and oxygen atoms in total. The number of unbranched alkanes of at least 4 members (excludes halogenated alkanes) is 1. The van der Waals surface area contributed by atoms with Crippen LogP contribution in [0.1, 0.15) is 104 Å². The van der Waals surface area contributed by atoms with Crippen molar-refractivity contribution >= 4 is 16.5 Å². The van der Waals surface area contributed by atoms with Gasteiger partial charge in [-0.15, -0.1) is 0 Å². The fourth-order valence-corrected chi connectivity index (χ4v) is 5.66. The molecule has 2 N–H and O–H groups in total. The van der Waals surface area contributed by atoms with Crippen LogP contribution in [0, 0.1) is 18.7 Å². The fourth-order valence-electron chi connectivity index (χ4n) is 5.66. The zero-order chi connectivity index (χ0) is 35.6. The van der Waals surface area contributed by atoms with Crippen LogP contribution in [0.2, 0.25) is 0 Å². The van der Waals surface area contributed by atoms with Crippen molar-refractivity contribution in [2.75, 3.05) is 13.7 Å². The summed E-state index contributed by atoms with van der Waals surface area (Å²) < 4.78 is 14.0. The van der Waals surface area contributed by atoms with Crippen LogP contribution in [0.15, 0.2) is 102 Å². The molecule has 0 fully saturated rings. The minimum atomic E-state index is -0.150. The van der Waals surface area contributed by atoms with Gasteiger partial charge in [-0.3, -0.25) is 0 Å². The number of aromatic amines is 1. The molecule has 0 saturated heterocycles. The molecule has 0 radical (unpaired) electrons. The molecular weight excluding hydrogens is 593 g/mol. The number of aliphatic hydroxyl groups is 1. The van der Waals surface area contributed by atoms with Crippen molar-refractivity contribution in [3.63, 3.8) is 0 Å². The average molecular weight is 656 g/mol. The number of aryl methyl sites for hydroxylation is 2. The minimum Gasteiger partial charge on any atom is -0.396 e. The van der Waals surface area contributed by atoms with E-state index in [2.05, 4.69) is 124 Å². The number of rotatable bonds is 10. The molecule has 1 aromatic heterocycles. The predicted octanol–water partition coefficient (Wildman–Crippen LogP) is 11.7. The van der Waals surface area contributed by atoms with Crippen LogP contribution >= 0.6 is 0 Å². The fraction of sp³-hybridized carbons (Fsp3) is 0.442. The zero-order valence-electron chi connectivity index (χ0n) is 31.4. The average Bonchev–Trinajstić information content (AvgIpc) is 3.66. The number of para-hydroxylation sites is 1. The molecule has 2 aliphatic rings. The first-order valence-electron chi connectivity index (χ1n) is 18.2. The molecule has 0 amide bonds.